The van der Waals surface area contributed by atoms with Gasteiger partial charge in [0.05, 0.1) is 11.2 Å². The SMILES string of the molecule is Cc1ccc(-n2cc(B3OC(C)(C)C(C)(C)O3)c(C)cc2=O)cc1. The Morgan fingerprint density at radius 1 is 0.958 bits per heavy atom. The van der Waals surface area contributed by atoms with Gasteiger partial charge in [0.2, 0.25) is 0 Å². The molecule has 0 N–H and O–H groups in total. The van der Waals surface area contributed by atoms with Gasteiger partial charge in [0.1, 0.15) is 0 Å². The van der Waals surface area contributed by atoms with Crippen LogP contribution >= 0.6 is 0 Å². The molecule has 1 fully saturated rings. The topological polar surface area (TPSA) is 40.5 Å². The lowest BCUT2D eigenvalue weighted by Gasteiger charge is -2.32. The normalized spacial score (nSPS) is 18.8. The van der Waals surface area contributed by atoms with Crippen LogP contribution in [0.2, 0.25) is 0 Å². The number of rotatable bonds is 2. The first-order valence-corrected chi connectivity index (χ1v) is 8.27. The van der Waals surface area contributed by atoms with Gasteiger partial charge in [0.25, 0.3) is 5.56 Å². The molecule has 0 amide bonds. The molecular formula is C19H24BNO3. The van der Waals surface area contributed by atoms with Crippen LogP contribution in [0, 0.1) is 13.8 Å². The van der Waals surface area contributed by atoms with Crippen molar-refractivity contribution in [3.05, 3.63) is 58.0 Å². The Morgan fingerprint density at radius 3 is 2.04 bits per heavy atom. The standard InChI is InChI=1S/C19H24BNO3/c1-13-7-9-15(10-8-13)21-12-16(14(2)11-17(21)22)20-23-18(3,4)19(5,6)24-20/h7-12H,1-6H3. The van der Waals surface area contributed by atoms with Gasteiger partial charge in [0, 0.05) is 23.4 Å². The second-order valence-corrected chi connectivity index (χ2v) is 7.54. The van der Waals surface area contributed by atoms with E-state index in [1.54, 1.807) is 10.6 Å². The molecule has 1 aromatic heterocycles. The fourth-order valence-corrected chi connectivity index (χ4v) is 2.77. The minimum atomic E-state index is -0.479. The summed E-state index contributed by atoms with van der Waals surface area (Å²) in [5.74, 6) is 0. The van der Waals surface area contributed by atoms with E-state index in [9.17, 15) is 4.79 Å². The molecule has 5 heteroatoms. The van der Waals surface area contributed by atoms with E-state index in [0.29, 0.717) is 0 Å². The van der Waals surface area contributed by atoms with Crippen molar-refractivity contribution in [2.24, 2.45) is 0 Å². The molecule has 0 bridgehead atoms. The second-order valence-electron chi connectivity index (χ2n) is 7.54. The van der Waals surface area contributed by atoms with Crippen LogP contribution < -0.4 is 11.0 Å². The van der Waals surface area contributed by atoms with Crippen molar-refractivity contribution < 1.29 is 9.31 Å². The van der Waals surface area contributed by atoms with Crippen molar-refractivity contribution >= 4 is 12.6 Å². The van der Waals surface area contributed by atoms with Gasteiger partial charge >= 0.3 is 7.12 Å². The summed E-state index contributed by atoms with van der Waals surface area (Å²) >= 11 is 0. The van der Waals surface area contributed by atoms with Gasteiger partial charge in [-0.15, -0.1) is 0 Å². The largest absolute Gasteiger partial charge is 0.496 e. The molecule has 24 heavy (non-hydrogen) atoms. The number of benzene rings is 1. The van der Waals surface area contributed by atoms with Crippen molar-refractivity contribution in [3.8, 4) is 5.69 Å². The van der Waals surface area contributed by atoms with E-state index in [4.69, 9.17) is 9.31 Å². The lowest BCUT2D eigenvalue weighted by molar-refractivity contribution is 0.00578. The molecule has 1 aromatic carbocycles. The van der Waals surface area contributed by atoms with Crippen LogP contribution in [-0.4, -0.2) is 22.9 Å². The highest BCUT2D eigenvalue weighted by Gasteiger charge is 2.52. The molecule has 0 unspecified atom stereocenters. The maximum Gasteiger partial charge on any atom is 0.496 e. The fourth-order valence-electron chi connectivity index (χ4n) is 2.77. The van der Waals surface area contributed by atoms with Crippen LogP contribution in [-0.2, 0) is 9.31 Å². The summed E-state index contributed by atoms with van der Waals surface area (Å²) in [4.78, 5) is 12.4. The monoisotopic (exact) mass is 325 g/mol. The first-order valence-electron chi connectivity index (χ1n) is 8.27. The Balaban J connectivity index is 2.06. The maximum absolute atomic E-state index is 12.4. The molecule has 2 aromatic rings. The minimum absolute atomic E-state index is 0.0587. The van der Waals surface area contributed by atoms with Crippen molar-refractivity contribution in [1.82, 2.24) is 4.57 Å². The Kier molecular flexibility index (Phi) is 3.97. The number of aryl methyl sites for hydroxylation is 2. The molecular weight excluding hydrogens is 301 g/mol. The zero-order valence-electron chi connectivity index (χ0n) is 15.2. The summed E-state index contributed by atoms with van der Waals surface area (Å²) in [5.41, 5.74) is 2.88. The molecule has 2 heterocycles. The first kappa shape index (κ1) is 17.0. The lowest BCUT2D eigenvalue weighted by atomic mass is 9.77. The lowest BCUT2D eigenvalue weighted by Crippen LogP contribution is -2.41. The summed E-state index contributed by atoms with van der Waals surface area (Å²) in [6.07, 6.45) is 1.84. The van der Waals surface area contributed by atoms with Crippen LogP contribution in [0.25, 0.3) is 5.69 Å². The molecule has 0 aliphatic carbocycles. The second kappa shape index (κ2) is 5.61. The predicted molar refractivity (Wildman–Crippen MR) is 97.2 cm³/mol. The van der Waals surface area contributed by atoms with Crippen LogP contribution in [0.5, 0.6) is 0 Å². The zero-order valence-corrected chi connectivity index (χ0v) is 15.2. The van der Waals surface area contributed by atoms with Gasteiger partial charge in [-0.1, -0.05) is 17.7 Å². The van der Waals surface area contributed by atoms with Crippen LogP contribution in [0.3, 0.4) is 0 Å². The Hall–Kier alpha value is -1.85. The molecule has 126 valence electrons. The van der Waals surface area contributed by atoms with Gasteiger partial charge in [-0.2, -0.15) is 0 Å². The van der Waals surface area contributed by atoms with Gasteiger partial charge < -0.3 is 9.31 Å². The van der Waals surface area contributed by atoms with Gasteiger partial charge in [-0.25, -0.2) is 0 Å². The van der Waals surface area contributed by atoms with E-state index in [0.717, 1.165) is 22.3 Å². The molecule has 0 radical (unpaired) electrons. The van der Waals surface area contributed by atoms with Crippen LogP contribution in [0.15, 0.2) is 41.3 Å². The minimum Gasteiger partial charge on any atom is -0.399 e. The first-order chi connectivity index (χ1) is 11.1. The Bertz CT molecular complexity index is 805. The molecule has 0 saturated carbocycles. The Morgan fingerprint density at radius 2 is 1.50 bits per heavy atom. The van der Waals surface area contributed by atoms with Gasteiger partial charge in [-0.3, -0.25) is 9.36 Å². The number of pyridine rings is 1. The summed E-state index contributed by atoms with van der Waals surface area (Å²) in [7, 11) is -0.479. The summed E-state index contributed by atoms with van der Waals surface area (Å²) in [6, 6.07) is 9.52. The molecule has 3 rings (SSSR count). The van der Waals surface area contributed by atoms with Gasteiger partial charge in [0.15, 0.2) is 0 Å². The smallest absolute Gasteiger partial charge is 0.399 e. The van der Waals surface area contributed by atoms with E-state index in [-0.39, 0.29) is 5.56 Å². The van der Waals surface area contributed by atoms with E-state index in [1.807, 2.05) is 72.0 Å². The number of aromatic nitrogens is 1. The third-order valence-electron chi connectivity index (χ3n) is 5.12. The maximum atomic E-state index is 12.4. The van der Waals surface area contributed by atoms with E-state index in [1.165, 1.54) is 0 Å². The number of nitrogens with zero attached hydrogens (tertiary/aromatic N) is 1. The van der Waals surface area contributed by atoms with Crippen molar-refractivity contribution in [2.75, 3.05) is 0 Å². The highest BCUT2D eigenvalue weighted by atomic mass is 16.7. The van der Waals surface area contributed by atoms with Crippen molar-refractivity contribution in [2.45, 2.75) is 52.7 Å². The molecule has 4 nitrogen and oxygen atoms in total. The molecule has 1 aliphatic rings. The summed E-state index contributed by atoms with van der Waals surface area (Å²) in [6.45, 7) is 12.0. The van der Waals surface area contributed by atoms with Crippen molar-refractivity contribution in [1.29, 1.82) is 0 Å². The van der Waals surface area contributed by atoms with E-state index < -0.39 is 18.3 Å². The van der Waals surface area contributed by atoms with Gasteiger partial charge in [-0.05, 0) is 59.2 Å². The number of hydrogen-bond acceptors (Lipinski definition) is 3. The zero-order chi connectivity index (χ0) is 17.7. The highest BCUT2D eigenvalue weighted by molar-refractivity contribution is 6.62. The Labute approximate surface area is 143 Å². The molecule has 0 atom stereocenters. The van der Waals surface area contributed by atoms with Crippen molar-refractivity contribution in [3.63, 3.8) is 0 Å². The third kappa shape index (κ3) is 2.83. The van der Waals surface area contributed by atoms with Crippen LogP contribution in [0.1, 0.15) is 38.8 Å². The fraction of sp³-hybridized carbons (Fsp3) is 0.421. The third-order valence-corrected chi connectivity index (χ3v) is 5.12. The highest BCUT2D eigenvalue weighted by Crippen LogP contribution is 2.36. The quantitative estimate of drug-likeness (QED) is 0.797. The average Bonchev–Trinajstić information content (AvgIpc) is 2.68. The van der Waals surface area contributed by atoms with E-state index in [2.05, 4.69) is 0 Å². The summed E-state index contributed by atoms with van der Waals surface area (Å²) in [5, 5.41) is 0. The predicted octanol–water partition coefficient (Wildman–Crippen LogP) is 2.75. The molecule has 1 aliphatic heterocycles. The average molecular weight is 325 g/mol. The molecule has 0 spiro atoms. The van der Waals surface area contributed by atoms with Crippen LogP contribution in [0.4, 0.5) is 0 Å². The number of hydrogen-bond donors (Lipinski definition) is 0. The molecule has 1 saturated heterocycles. The summed E-state index contributed by atoms with van der Waals surface area (Å²) < 4.78 is 13.9. The van der Waals surface area contributed by atoms with E-state index >= 15 is 0 Å².